The van der Waals surface area contributed by atoms with Gasteiger partial charge in [0.2, 0.25) is 0 Å². The molecule has 4 aromatic carbocycles. The van der Waals surface area contributed by atoms with Crippen LogP contribution in [0.3, 0.4) is 0 Å². The first-order valence-corrected chi connectivity index (χ1v) is 12.3. The number of carbonyl (C=O) groups is 1. The molecule has 0 aliphatic carbocycles. The van der Waals surface area contributed by atoms with Crippen LogP contribution in [0.4, 0.5) is 4.79 Å². The van der Waals surface area contributed by atoms with E-state index in [1.54, 1.807) is 0 Å². The van der Waals surface area contributed by atoms with Crippen LogP contribution in [0.1, 0.15) is 34.2 Å². The zero-order valence-electron chi connectivity index (χ0n) is 19.8. The Balaban J connectivity index is 1.48. The first kappa shape index (κ1) is 22.9. The monoisotopic (exact) mass is 461 g/mol. The van der Waals surface area contributed by atoms with Crippen molar-refractivity contribution in [2.75, 3.05) is 19.6 Å². The van der Waals surface area contributed by atoms with E-state index in [9.17, 15) is 4.79 Å². The molecule has 1 unspecified atom stereocenters. The third kappa shape index (κ3) is 5.28. The summed E-state index contributed by atoms with van der Waals surface area (Å²) in [6.45, 7) is 2.17. The van der Waals surface area contributed by atoms with Gasteiger partial charge in [0.15, 0.2) is 0 Å². The Hall–Kier alpha value is -3.89. The Bertz CT molecular complexity index is 1120. The molecule has 0 saturated carbocycles. The maximum atomic E-state index is 13.9. The van der Waals surface area contributed by atoms with E-state index in [1.165, 1.54) is 11.1 Å². The van der Waals surface area contributed by atoms with Crippen molar-refractivity contribution in [2.45, 2.75) is 18.0 Å². The lowest BCUT2D eigenvalue weighted by Gasteiger charge is -2.42. The van der Waals surface area contributed by atoms with Crippen molar-refractivity contribution in [1.29, 1.82) is 0 Å². The number of carbonyl (C=O) groups excluding carboxylic acids is 1. The lowest BCUT2D eigenvalue weighted by molar-refractivity contribution is 0.148. The first-order valence-electron chi connectivity index (χ1n) is 12.3. The smallest absolute Gasteiger partial charge is 0.318 e. The molecule has 2 N–H and O–H groups in total. The van der Waals surface area contributed by atoms with Gasteiger partial charge in [0, 0.05) is 25.6 Å². The topological polar surface area (TPSA) is 44.4 Å². The number of nitrogens with one attached hydrogen (secondary N) is 2. The van der Waals surface area contributed by atoms with E-state index < -0.39 is 0 Å². The Labute approximate surface area is 207 Å². The molecule has 1 aliphatic heterocycles. The predicted octanol–water partition coefficient (Wildman–Crippen LogP) is 5.59. The van der Waals surface area contributed by atoms with Crippen LogP contribution >= 0.6 is 0 Å². The molecule has 1 saturated heterocycles. The third-order valence-corrected chi connectivity index (χ3v) is 6.78. The van der Waals surface area contributed by atoms with Crippen molar-refractivity contribution in [1.82, 2.24) is 15.5 Å². The van der Waals surface area contributed by atoms with E-state index in [2.05, 4.69) is 83.4 Å². The van der Waals surface area contributed by atoms with Gasteiger partial charge in [-0.1, -0.05) is 121 Å². The van der Waals surface area contributed by atoms with E-state index in [1.807, 2.05) is 53.4 Å². The lowest BCUT2D eigenvalue weighted by atomic mass is 9.83. The standard InChI is InChI=1S/C31H31N3O/c35-31(33-30(26-17-9-3-10-18-26)27-19-11-4-12-20-27)34-22-21-32-23-28(34)29(24-13-5-1-6-14-24)25-15-7-2-8-16-25/h1-20,28-30,32H,21-23H2,(H,33,35). The Morgan fingerprint density at radius 3 is 1.57 bits per heavy atom. The summed E-state index contributed by atoms with van der Waals surface area (Å²) in [4.78, 5) is 15.9. The Kier molecular flexibility index (Phi) is 7.21. The van der Waals surface area contributed by atoms with Crippen molar-refractivity contribution < 1.29 is 4.79 Å². The fraction of sp³-hybridized carbons (Fsp3) is 0.194. The van der Waals surface area contributed by atoms with Gasteiger partial charge in [0.25, 0.3) is 0 Å². The Morgan fingerprint density at radius 2 is 1.11 bits per heavy atom. The minimum Gasteiger partial charge on any atom is -0.327 e. The second kappa shape index (κ2) is 11.0. The molecule has 35 heavy (non-hydrogen) atoms. The van der Waals surface area contributed by atoms with Crippen LogP contribution in [0.15, 0.2) is 121 Å². The number of hydrogen-bond donors (Lipinski definition) is 2. The van der Waals surface area contributed by atoms with Gasteiger partial charge in [-0.05, 0) is 22.3 Å². The molecule has 2 amide bonds. The summed E-state index contributed by atoms with van der Waals surface area (Å²) in [7, 11) is 0. The van der Waals surface area contributed by atoms with E-state index >= 15 is 0 Å². The molecule has 1 fully saturated rings. The van der Waals surface area contributed by atoms with E-state index in [4.69, 9.17) is 0 Å². The van der Waals surface area contributed by atoms with Crippen molar-refractivity contribution >= 4 is 6.03 Å². The highest BCUT2D eigenvalue weighted by molar-refractivity contribution is 5.76. The molecule has 4 heteroatoms. The number of urea groups is 1. The summed E-state index contributed by atoms with van der Waals surface area (Å²) < 4.78 is 0. The van der Waals surface area contributed by atoms with Crippen LogP contribution in [-0.2, 0) is 0 Å². The van der Waals surface area contributed by atoms with Crippen LogP contribution in [0.5, 0.6) is 0 Å². The molecule has 176 valence electrons. The zero-order valence-corrected chi connectivity index (χ0v) is 19.8. The predicted molar refractivity (Wildman–Crippen MR) is 141 cm³/mol. The van der Waals surface area contributed by atoms with Crippen LogP contribution in [0, 0.1) is 0 Å². The zero-order chi connectivity index (χ0) is 23.9. The van der Waals surface area contributed by atoms with E-state index in [0.717, 1.165) is 24.2 Å². The molecule has 4 nitrogen and oxygen atoms in total. The second-order valence-corrected chi connectivity index (χ2v) is 8.97. The third-order valence-electron chi connectivity index (χ3n) is 6.78. The minimum atomic E-state index is -0.215. The molecule has 0 radical (unpaired) electrons. The highest BCUT2D eigenvalue weighted by Gasteiger charge is 2.35. The fourth-order valence-electron chi connectivity index (χ4n) is 5.09. The second-order valence-electron chi connectivity index (χ2n) is 8.97. The van der Waals surface area contributed by atoms with Crippen molar-refractivity contribution in [3.05, 3.63) is 144 Å². The maximum Gasteiger partial charge on any atom is 0.318 e. The quantitative estimate of drug-likeness (QED) is 0.393. The van der Waals surface area contributed by atoms with Crippen LogP contribution in [-0.4, -0.2) is 36.6 Å². The van der Waals surface area contributed by atoms with Gasteiger partial charge in [0.05, 0.1) is 12.1 Å². The van der Waals surface area contributed by atoms with E-state index in [-0.39, 0.29) is 24.0 Å². The van der Waals surface area contributed by atoms with Gasteiger partial charge in [-0.25, -0.2) is 4.79 Å². The fourth-order valence-corrected chi connectivity index (χ4v) is 5.09. The molecule has 1 atom stereocenters. The van der Waals surface area contributed by atoms with Crippen LogP contribution < -0.4 is 10.6 Å². The Morgan fingerprint density at radius 1 is 0.686 bits per heavy atom. The van der Waals surface area contributed by atoms with Gasteiger partial charge < -0.3 is 15.5 Å². The molecular formula is C31H31N3O. The van der Waals surface area contributed by atoms with E-state index in [0.29, 0.717) is 6.54 Å². The van der Waals surface area contributed by atoms with Gasteiger partial charge in [-0.15, -0.1) is 0 Å². The molecule has 0 spiro atoms. The average Bonchev–Trinajstić information content (AvgIpc) is 2.94. The highest BCUT2D eigenvalue weighted by atomic mass is 16.2. The van der Waals surface area contributed by atoms with Crippen molar-refractivity contribution in [3.63, 3.8) is 0 Å². The van der Waals surface area contributed by atoms with Crippen molar-refractivity contribution in [3.8, 4) is 0 Å². The van der Waals surface area contributed by atoms with Gasteiger partial charge in [0.1, 0.15) is 0 Å². The number of piperazine rings is 1. The summed E-state index contributed by atoms with van der Waals surface area (Å²) in [5.74, 6) is 0.0721. The van der Waals surface area contributed by atoms with Crippen LogP contribution in [0.2, 0.25) is 0 Å². The molecule has 5 rings (SSSR count). The molecule has 4 aromatic rings. The number of hydrogen-bond acceptors (Lipinski definition) is 2. The van der Waals surface area contributed by atoms with Gasteiger partial charge in [-0.2, -0.15) is 0 Å². The van der Waals surface area contributed by atoms with Crippen molar-refractivity contribution in [2.24, 2.45) is 0 Å². The molecular weight excluding hydrogens is 430 g/mol. The van der Waals surface area contributed by atoms with Gasteiger partial charge >= 0.3 is 6.03 Å². The van der Waals surface area contributed by atoms with Crippen LogP contribution in [0.25, 0.3) is 0 Å². The lowest BCUT2D eigenvalue weighted by Crippen LogP contribution is -2.58. The number of amides is 2. The largest absolute Gasteiger partial charge is 0.327 e. The summed E-state index contributed by atoms with van der Waals surface area (Å²) in [5.41, 5.74) is 4.57. The molecule has 1 heterocycles. The summed E-state index contributed by atoms with van der Waals surface area (Å²) in [6, 6.07) is 41.2. The number of benzene rings is 4. The molecule has 0 bridgehead atoms. The minimum absolute atomic E-state index is 0.0132. The summed E-state index contributed by atoms with van der Waals surface area (Å²) in [5, 5.41) is 6.90. The highest BCUT2D eigenvalue weighted by Crippen LogP contribution is 2.32. The summed E-state index contributed by atoms with van der Waals surface area (Å²) in [6.07, 6.45) is 0. The molecule has 1 aliphatic rings. The molecule has 0 aromatic heterocycles. The number of rotatable bonds is 6. The number of nitrogens with zero attached hydrogens (tertiary/aromatic N) is 1. The normalized spacial score (nSPS) is 15.8. The average molecular weight is 462 g/mol. The maximum absolute atomic E-state index is 13.9. The summed E-state index contributed by atoms with van der Waals surface area (Å²) >= 11 is 0. The van der Waals surface area contributed by atoms with Gasteiger partial charge in [-0.3, -0.25) is 0 Å². The SMILES string of the molecule is O=C(NC(c1ccccc1)c1ccccc1)N1CCNCC1C(c1ccccc1)c1ccccc1. The first-order chi connectivity index (χ1) is 17.3.